The van der Waals surface area contributed by atoms with E-state index < -0.39 is 0 Å². The van der Waals surface area contributed by atoms with Gasteiger partial charge in [0.05, 0.1) is 28.8 Å². The molecule has 5 heterocycles. The Hall–Kier alpha value is -4.63. The van der Waals surface area contributed by atoms with Gasteiger partial charge in [0.15, 0.2) is 0 Å². The van der Waals surface area contributed by atoms with Crippen molar-refractivity contribution in [1.82, 2.24) is 35.0 Å². The van der Waals surface area contributed by atoms with Crippen molar-refractivity contribution in [3.63, 3.8) is 0 Å². The summed E-state index contributed by atoms with van der Waals surface area (Å²) in [5.41, 5.74) is 7.78. The average molecular weight is 508 g/mol. The Morgan fingerprint density at radius 3 is 2.68 bits per heavy atom. The molecule has 5 aromatic heterocycles. The molecule has 0 aliphatic carbocycles. The summed E-state index contributed by atoms with van der Waals surface area (Å²) < 4.78 is 20.0. The number of hydrogen-bond donors (Lipinski definition) is 2. The van der Waals surface area contributed by atoms with Crippen LogP contribution in [0.15, 0.2) is 67.1 Å². The lowest BCUT2D eigenvalue weighted by Gasteiger charge is -2.11. The number of rotatable bonds is 7. The Balaban J connectivity index is 1.38. The second-order valence-corrected chi connectivity index (χ2v) is 9.55. The number of aromatic nitrogens is 6. The topological polar surface area (TPSA) is 95.6 Å². The number of nitrogens with one attached hydrogen (secondary N) is 2. The van der Waals surface area contributed by atoms with E-state index in [4.69, 9.17) is 9.72 Å². The van der Waals surface area contributed by atoms with Gasteiger partial charge in [0.2, 0.25) is 0 Å². The zero-order chi connectivity index (χ0) is 26.2. The van der Waals surface area contributed by atoms with Crippen LogP contribution in [0.5, 0.6) is 5.75 Å². The van der Waals surface area contributed by atoms with Crippen molar-refractivity contribution in [3.05, 3.63) is 78.5 Å². The average Bonchev–Trinajstić information content (AvgIpc) is 3.51. The molecule has 190 valence electrons. The molecule has 0 spiro atoms. The molecule has 0 aliphatic rings. The Kier molecular flexibility index (Phi) is 6.05. The molecule has 0 saturated heterocycles. The third-order valence-corrected chi connectivity index (χ3v) is 6.34. The van der Waals surface area contributed by atoms with Crippen molar-refractivity contribution in [3.8, 4) is 39.7 Å². The van der Waals surface area contributed by atoms with E-state index in [9.17, 15) is 4.39 Å². The Morgan fingerprint density at radius 2 is 1.84 bits per heavy atom. The normalized spacial score (nSPS) is 11.6. The van der Waals surface area contributed by atoms with Gasteiger partial charge in [-0.2, -0.15) is 5.10 Å². The summed E-state index contributed by atoms with van der Waals surface area (Å²) in [4.78, 5) is 19.3. The number of nitrogens with zero attached hydrogens (tertiary/aromatic N) is 5. The summed E-state index contributed by atoms with van der Waals surface area (Å²) in [5.74, 6) is 0.410. The van der Waals surface area contributed by atoms with Crippen molar-refractivity contribution < 1.29 is 9.13 Å². The van der Waals surface area contributed by atoms with Crippen molar-refractivity contribution in [2.45, 2.75) is 6.92 Å². The molecule has 2 N–H and O–H groups in total. The zero-order valence-corrected chi connectivity index (χ0v) is 21.3. The van der Waals surface area contributed by atoms with E-state index in [2.05, 4.69) is 30.0 Å². The Labute approximate surface area is 218 Å². The Bertz CT molecular complexity index is 1750. The van der Waals surface area contributed by atoms with Gasteiger partial charge in [-0.3, -0.25) is 15.1 Å². The number of H-pyrrole nitrogens is 2. The molecule has 6 rings (SSSR count). The van der Waals surface area contributed by atoms with Crippen molar-refractivity contribution in [2.75, 3.05) is 27.2 Å². The van der Waals surface area contributed by atoms with Crippen LogP contribution >= 0.6 is 0 Å². The molecule has 0 bridgehead atoms. The maximum atomic E-state index is 14.1. The summed E-state index contributed by atoms with van der Waals surface area (Å²) >= 11 is 0. The van der Waals surface area contributed by atoms with Gasteiger partial charge in [-0.15, -0.1) is 0 Å². The maximum absolute atomic E-state index is 14.1. The van der Waals surface area contributed by atoms with Crippen LogP contribution in [-0.2, 0) is 0 Å². The summed E-state index contributed by atoms with van der Waals surface area (Å²) in [6.07, 6.45) is 5.20. The fourth-order valence-electron chi connectivity index (χ4n) is 4.52. The number of fused-ring (bicyclic) bond motifs is 2. The number of halogens is 1. The number of hydrogen-bond acceptors (Lipinski definition) is 6. The summed E-state index contributed by atoms with van der Waals surface area (Å²) in [6.45, 7) is 3.26. The van der Waals surface area contributed by atoms with E-state index in [1.807, 2.05) is 57.4 Å². The quantitative estimate of drug-likeness (QED) is 0.291. The smallest absolute Gasteiger partial charge is 0.138 e. The van der Waals surface area contributed by atoms with E-state index >= 15 is 0 Å². The highest BCUT2D eigenvalue weighted by atomic mass is 19.1. The maximum Gasteiger partial charge on any atom is 0.138 e. The predicted octanol–water partition coefficient (Wildman–Crippen LogP) is 5.62. The molecular formula is C29H26FN7O. The van der Waals surface area contributed by atoms with Crippen LogP contribution in [0.2, 0.25) is 0 Å². The lowest BCUT2D eigenvalue weighted by atomic mass is 10.0. The van der Waals surface area contributed by atoms with Crippen LogP contribution in [-0.4, -0.2) is 62.3 Å². The van der Waals surface area contributed by atoms with Gasteiger partial charge in [0, 0.05) is 41.0 Å². The molecular weight excluding hydrogens is 481 g/mol. The van der Waals surface area contributed by atoms with Crippen LogP contribution in [0.4, 0.5) is 4.39 Å². The molecule has 0 amide bonds. The summed E-state index contributed by atoms with van der Waals surface area (Å²) in [5, 5.41) is 8.52. The molecule has 38 heavy (non-hydrogen) atoms. The molecule has 0 fully saturated rings. The number of likely N-dealkylation sites (N-methyl/N-ethyl adjacent to an activating group) is 1. The second-order valence-electron chi connectivity index (χ2n) is 9.55. The van der Waals surface area contributed by atoms with Gasteiger partial charge >= 0.3 is 0 Å². The fourth-order valence-corrected chi connectivity index (χ4v) is 4.52. The molecule has 1 aromatic carbocycles. The minimum atomic E-state index is -0.286. The van der Waals surface area contributed by atoms with E-state index in [0.717, 1.165) is 56.6 Å². The number of aromatic amines is 2. The summed E-state index contributed by atoms with van der Waals surface area (Å²) in [7, 11) is 4.01. The SMILES string of the molecule is Cc1cc(F)cc(-c2nccc3[nH]c(-c4n[nH]c5ccc(-c6cncc(OCCN(C)C)c6)nc45)cc23)c1. The first-order chi connectivity index (χ1) is 18.4. The molecule has 0 atom stereocenters. The van der Waals surface area contributed by atoms with E-state index in [1.165, 1.54) is 12.1 Å². The number of benzene rings is 1. The number of ether oxygens (including phenoxy) is 1. The number of aryl methyl sites for hydroxylation is 1. The zero-order valence-electron chi connectivity index (χ0n) is 21.3. The molecule has 0 radical (unpaired) electrons. The molecule has 8 nitrogen and oxygen atoms in total. The van der Waals surface area contributed by atoms with Gasteiger partial charge in [-0.25, -0.2) is 9.37 Å². The van der Waals surface area contributed by atoms with E-state index in [0.29, 0.717) is 23.7 Å². The number of pyridine rings is 3. The monoisotopic (exact) mass is 507 g/mol. The Morgan fingerprint density at radius 1 is 0.947 bits per heavy atom. The first-order valence-corrected chi connectivity index (χ1v) is 12.3. The first kappa shape index (κ1) is 23.7. The van der Waals surface area contributed by atoms with Crippen molar-refractivity contribution in [1.29, 1.82) is 0 Å². The highest BCUT2D eigenvalue weighted by molar-refractivity contribution is 5.99. The first-order valence-electron chi connectivity index (χ1n) is 12.3. The third-order valence-electron chi connectivity index (χ3n) is 6.34. The van der Waals surface area contributed by atoms with Crippen LogP contribution in [0.25, 0.3) is 55.8 Å². The van der Waals surface area contributed by atoms with Crippen LogP contribution in [0.1, 0.15) is 5.56 Å². The highest BCUT2D eigenvalue weighted by Gasteiger charge is 2.16. The van der Waals surface area contributed by atoms with Crippen molar-refractivity contribution >= 4 is 21.9 Å². The predicted molar refractivity (Wildman–Crippen MR) is 146 cm³/mol. The highest BCUT2D eigenvalue weighted by Crippen LogP contribution is 2.34. The molecule has 0 saturated carbocycles. The second kappa shape index (κ2) is 9.68. The van der Waals surface area contributed by atoms with Crippen LogP contribution in [0.3, 0.4) is 0 Å². The van der Waals surface area contributed by atoms with E-state index in [1.54, 1.807) is 18.6 Å². The summed E-state index contributed by atoms with van der Waals surface area (Å²) in [6, 6.07) is 14.7. The standard InChI is InChI=1S/C29H26FN7O/c1-17-10-18(12-20(30)11-17)27-22-14-26(33-24(22)6-7-32-27)29-28-25(35-36-29)5-4-23(34-28)19-13-21(16-31-15-19)38-9-8-37(2)3/h4-7,10-16,33H,8-9H2,1-3H3,(H,35,36). The van der Waals surface area contributed by atoms with Crippen LogP contribution in [0, 0.1) is 12.7 Å². The molecule has 9 heteroatoms. The van der Waals surface area contributed by atoms with Gasteiger partial charge in [0.1, 0.15) is 29.4 Å². The molecule has 0 unspecified atom stereocenters. The third kappa shape index (κ3) is 4.59. The van der Waals surface area contributed by atoms with Gasteiger partial charge in [-0.05, 0) is 75.1 Å². The largest absolute Gasteiger partial charge is 0.491 e. The van der Waals surface area contributed by atoms with Crippen molar-refractivity contribution in [2.24, 2.45) is 0 Å². The fraction of sp³-hybridized carbons (Fsp3) is 0.172. The molecule has 0 aliphatic heterocycles. The minimum absolute atomic E-state index is 0.286. The van der Waals surface area contributed by atoms with E-state index in [-0.39, 0.29) is 5.82 Å². The lowest BCUT2D eigenvalue weighted by Crippen LogP contribution is -2.19. The van der Waals surface area contributed by atoms with Crippen LogP contribution < -0.4 is 4.74 Å². The van der Waals surface area contributed by atoms with Gasteiger partial charge < -0.3 is 14.6 Å². The molecule has 6 aromatic rings. The minimum Gasteiger partial charge on any atom is -0.491 e. The lowest BCUT2D eigenvalue weighted by molar-refractivity contribution is 0.261. The van der Waals surface area contributed by atoms with Gasteiger partial charge in [0.25, 0.3) is 0 Å². The van der Waals surface area contributed by atoms with Gasteiger partial charge in [-0.1, -0.05) is 0 Å².